The minimum atomic E-state index is -0.563. The maximum absolute atomic E-state index is 12.6. The maximum atomic E-state index is 12.6. The molecule has 3 aromatic rings. The van der Waals surface area contributed by atoms with Crippen LogP contribution < -0.4 is 5.32 Å². The summed E-state index contributed by atoms with van der Waals surface area (Å²) in [4.78, 5) is 12.6. The van der Waals surface area contributed by atoms with E-state index >= 15 is 0 Å². The third kappa shape index (κ3) is 2.98. The molecular formula is C19H20N2O3. The fourth-order valence-electron chi connectivity index (χ4n) is 2.90. The Bertz CT molecular complexity index is 820. The Morgan fingerprint density at radius 2 is 1.96 bits per heavy atom. The topological polar surface area (TPSA) is 67.4 Å². The second-order valence-corrected chi connectivity index (χ2v) is 5.68. The molecule has 0 aliphatic carbocycles. The largest absolute Gasteiger partial charge is 0.467 e. The third-order valence-electron chi connectivity index (χ3n) is 4.06. The highest BCUT2D eigenvalue weighted by atomic mass is 16.3. The number of nitrogens with one attached hydrogen (secondary N) is 1. The third-order valence-corrected chi connectivity index (χ3v) is 4.06. The number of hydrogen-bond acceptors (Lipinski definition) is 3. The molecule has 0 aliphatic rings. The lowest BCUT2D eigenvalue weighted by Gasteiger charge is -2.14. The van der Waals surface area contributed by atoms with Crippen molar-refractivity contribution in [1.29, 1.82) is 0 Å². The number of carbonyl (C=O) groups excluding carboxylic acids is 1. The second-order valence-electron chi connectivity index (χ2n) is 5.68. The van der Waals surface area contributed by atoms with Gasteiger partial charge in [-0.05, 0) is 44.2 Å². The maximum Gasteiger partial charge on any atom is 0.253 e. The van der Waals surface area contributed by atoms with Crippen molar-refractivity contribution in [1.82, 2.24) is 9.88 Å². The van der Waals surface area contributed by atoms with E-state index in [4.69, 9.17) is 4.42 Å². The van der Waals surface area contributed by atoms with E-state index in [0.717, 1.165) is 17.1 Å². The molecule has 5 nitrogen and oxygen atoms in total. The van der Waals surface area contributed by atoms with Crippen LogP contribution >= 0.6 is 0 Å². The van der Waals surface area contributed by atoms with Crippen LogP contribution in [0.4, 0.5) is 0 Å². The summed E-state index contributed by atoms with van der Waals surface area (Å²) in [5.74, 6) is 0.295. The molecule has 0 spiro atoms. The van der Waals surface area contributed by atoms with Gasteiger partial charge < -0.3 is 19.4 Å². The number of aliphatic hydroxyl groups is 1. The standard InChI is InChI=1S/C19H20N2O3/c1-13-11-16(14(2)21(13)15-7-4-3-5-8-15)19(23)20-17(12-22)18-9-6-10-24-18/h3-11,17,22H,12H2,1-2H3,(H,20,23). The summed E-state index contributed by atoms with van der Waals surface area (Å²) in [7, 11) is 0. The van der Waals surface area contributed by atoms with Gasteiger partial charge in [-0.2, -0.15) is 0 Å². The van der Waals surface area contributed by atoms with E-state index in [1.54, 1.807) is 12.1 Å². The van der Waals surface area contributed by atoms with Gasteiger partial charge in [0, 0.05) is 17.1 Å². The molecule has 5 heteroatoms. The summed E-state index contributed by atoms with van der Waals surface area (Å²) in [5.41, 5.74) is 3.42. The minimum Gasteiger partial charge on any atom is -0.467 e. The molecule has 124 valence electrons. The molecule has 1 atom stereocenters. The number of aromatic nitrogens is 1. The fraction of sp³-hybridized carbons (Fsp3) is 0.211. The number of aryl methyl sites for hydroxylation is 1. The van der Waals surface area contributed by atoms with E-state index in [1.807, 2.05) is 54.8 Å². The molecule has 1 amide bonds. The SMILES string of the molecule is Cc1cc(C(=O)NC(CO)c2ccco2)c(C)n1-c1ccccc1. The smallest absolute Gasteiger partial charge is 0.253 e. The molecule has 0 bridgehead atoms. The van der Waals surface area contributed by atoms with Crippen LogP contribution in [-0.2, 0) is 0 Å². The number of para-hydroxylation sites is 1. The highest BCUT2D eigenvalue weighted by Gasteiger charge is 2.21. The summed E-state index contributed by atoms with van der Waals surface area (Å²) < 4.78 is 7.31. The van der Waals surface area contributed by atoms with Crippen molar-refractivity contribution in [3.8, 4) is 5.69 Å². The number of furan rings is 1. The van der Waals surface area contributed by atoms with Gasteiger partial charge in [-0.3, -0.25) is 4.79 Å². The summed E-state index contributed by atoms with van der Waals surface area (Å²) >= 11 is 0. The van der Waals surface area contributed by atoms with Crippen molar-refractivity contribution in [3.05, 3.63) is 77.5 Å². The van der Waals surface area contributed by atoms with Crippen LogP contribution in [0.15, 0.2) is 59.2 Å². The van der Waals surface area contributed by atoms with E-state index in [9.17, 15) is 9.90 Å². The van der Waals surface area contributed by atoms with Crippen molar-refractivity contribution in [3.63, 3.8) is 0 Å². The fourth-order valence-corrected chi connectivity index (χ4v) is 2.90. The van der Waals surface area contributed by atoms with Crippen LogP contribution in [0.2, 0.25) is 0 Å². The number of amides is 1. The normalized spacial score (nSPS) is 12.1. The second kappa shape index (κ2) is 6.76. The zero-order valence-electron chi connectivity index (χ0n) is 13.7. The molecule has 2 aromatic heterocycles. The highest BCUT2D eigenvalue weighted by molar-refractivity contribution is 5.96. The molecule has 0 saturated heterocycles. The number of hydrogen-bond donors (Lipinski definition) is 2. The van der Waals surface area contributed by atoms with E-state index in [-0.39, 0.29) is 12.5 Å². The Morgan fingerprint density at radius 3 is 2.58 bits per heavy atom. The molecule has 3 rings (SSSR count). The molecule has 24 heavy (non-hydrogen) atoms. The molecule has 0 radical (unpaired) electrons. The van der Waals surface area contributed by atoms with Gasteiger partial charge in [-0.25, -0.2) is 0 Å². The first-order valence-electron chi connectivity index (χ1n) is 7.81. The van der Waals surface area contributed by atoms with E-state index in [0.29, 0.717) is 11.3 Å². The lowest BCUT2D eigenvalue weighted by Crippen LogP contribution is -2.30. The Kier molecular flexibility index (Phi) is 4.53. The van der Waals surface area contributed by atoms with Gasteiger partial charge >= 0.3 is 0 Å². The van der Waals surface area contributed by atoms with Gasteiger partial charge in [-0.1, -0.05) is 18.2 Å². The number of rotatable bonds is 5. The number of nitrogens with zero attached hydrogens (tertiary/aromatic N) is 1. The number of carbonyl (C=O) groups is 1. The van der Waals surface area contributed by atoms with Gasteiger partial charge in [0.1, 0.15) is 11.8 Å². The molecular weight excluding hydrogens is 304 g/mol. The van der Waals surface area contributed by atoms with Crippen molar-refractivity contribution in [2.45, 2.75) is 19.9 Å². The van der Waals surface area contributed by atoms with Crippen molar-refractivity contribution in [2.24, 2.45) is 0 Å². The predicted octanol–water partition coefficient (Wildman–Crippen LogP) is 3.15. The van der Waals surface area contributed by atoms with Gasteiger partial charge in [-0.15, -0.1) is 0 Å². The predicted molar refractivity (Wildman–Crippen MR) is 91.2 cm³/mol. The molecule has 0 fully saturated rings. The average Bonchev–Trinajstić information content (AvgIpc) is 3.21. The lowest BCUT2D eigenvalue weighted by atomic mass is 10.2. The first-order chi connectivity index (χ1) is 11.6. The molecule has 0 saturated carbocycles. The lowest BCUT2D eigenvalue weighted by molar-refractivity contribution is 0.0906. The van der Waals surface area contributed by atoms with Crippen molar-refractivity contribution < 1.29 is 14.3 Å². The van der Waals surface area contributed by atoms with Crippen LogP contribution in [0.1, 0.15) is 33.5 Å². The van der Waals surface area contributed by atoms with Gasteiger partial charge in [0.2, 0.25) is 0 Å². The van der Waals surface area contributed by atoms with Crippen LogP contribution in [0.5, 0.6) is 0 Å². The molecule has 2 N–H and O–H groups in total. The minimum absolute atomic E-state index is 0.226. The Hall–Kier alpha value is -2.79. The van der Waals surface area contributed by atoms with Crippen molar-refractivity contribution in [2.75, 3.05) is 6.61 Å². The van der Waals surface area contributed by atoms with Crippen LogP contribution in [-0.4, -0.2) is 22.2 Å². The monoisotopic (exact) mass is 324 g/mol. The van der Waals surface area contributed by atoms with E-state index in [2.05, 4.69) is 5.32 Å². The summed E-state index contributed by atoms with van der Waals surface area (Å²) in [6.45, 7) is 3.65. The Balaban J connectivity index is 1.89. The summed E-state index contributed by atoms with van der Waals surface area (Å²) in [6.07, 6.45) is 1.52. The van der Waals surface area contributed by atoms with E-state index in [1.165, 1.54) is 6.26 Å². The quantitative estimate of drug-likeness (QED) is 0.757. The molecule has 1 aromatic carbocycles. The van der Waals surface area contributed by atoms with E-state index < -0.39 is 6.04 Å². The first-order valence-corrected chi connectivity index (χ1v) is 7.81. The van der Waals surface area contributed by atoms with Gasteiger partial charge in [0.05, 0.1) is 18.4 Å². The number of benzene rings is 1. The summed E-state index contributed by atoms with van der Waals surface area (Å²) in [6, 6.07) is 14.6. The average molecular weight is 324 g/mol. The van der Waals surface area contributed by atoms with Crippen LogP contribution in [0.3, 0.4) is 0 Å². The zero-order chi connectivity index (χ0) is 17.1. The van der Waals surface area contributed by atoms with Gasteiger partial charge in [0.25, 0.3) is 5.91 Å². The van der Waals surface area contributed by atoms with Gasteiger partial charge in [0.15, 0.2) is 0 Å². The highest BCUT2D eigenvalue weighted by Crippen LogP contribution is 2.22. The van der Waals surface area contributed by atoms with Crippen LogP contribution in [0.25, 0.3) is 5.69 Å². The molecule has 0 aliphatic heterocycles. The van der Waals surface area contributed by atoms with Crippen molar-refractivity contribution >= 4 is 5.91 Å². The number of aliphatic hydroxyl groups excluding tert-OH is 1. The Labute approximate surface area is 140 Å². The molecule has 1 unspecified atom stereocenters. The summed E-state index contributed by atoms with van der Waals surface area (Å²) in [5, 5.41) is 12.3. The molecule has 2 heterocycles. The first kappa shape index (κ1) is 16.1. The zero-order valence-corrected chi connectivity index (χ0v) is 13.7. The van der Waals surface area contributed by atoms with Crippen LogP contribution in [0, 0.1) is 13.8 Å². The Morgan fingerprint density at radius 1 is 1.21 bits per heavy atom.